The van der Waals surface area contributed by atoms with Crippen molar-refractivity contribution in [2.75, 3.05) is 11.4 Å². The molecule has 474 valence electrons. The Morgan fingerprint density at radius 3 is 1.34 bits per heavy atom. The smallest absolute Gasteiger partial charge is 0.323 e. The van der Waals surface area contributed by atoms with Crippen molar-refractivity contribution in [1.82, 2.24) is 24.8 Å². The molecule has 0 saturated carbocycles. The van der Waals surface area contributed by atoms with Crippen LogP contribution in [0.4, 0.5) is 17.1 Å². The first kappa shape index (κ1) is 65.7. The minimum Gasteiger partial charge on any atom is -0.480 e. The lowest BCUT2D eigenvalue weighted by Gasteiger charge is -2.28. The van der Waals surface area contributed by atoms with Gasteiger partial charge in [-0.25, -0.2) is 9.97 Å². The number of nitrogens with one attached hydrogen (secondary N) is 2. The Kier molecular flexibility index (Phi) is 17.1. The molecule has 8 aromatic rings. The molecule has 0 spiro atoms. The first-order valence-electron chi connectivity index (χ1n) is 32.1. The normalized spacial score (nSPS) is 14.3. The number of aromatic amines is 2. The Morgan fingerprint density at radius 2 is 0.903 bits per heavy atom. The molecular weight excluding hydrogens is 1180 g/mol. The van der Waals surface area contributed by atoms with Crippen molar-refractivity contribution < 1.29 is 14.7 Å². The number of amides is 1. The van der Waals surface area contributed by atoms with E-state index in [9.17, 15) is 14.7 Å². The fourth-order valence-corrected chi connectivity index (χ4v) is 13.0. The third kappa shape index (κ3) is 14.0. The highest BCUT2D eigenvalue weighted by Gasteiger charge is 2.34. The fraction of sp³-hybridized carbons (Fsp3) is 0.305. The number of thiocarbonyl (C=S) groups is 1. The number of fused-ring (bicyclic) bond motifs is 8. The van der Waals surface area contributed by atoms with Crippen LogP contribution in [0, 0.1) is 11.8 Å². The lowest BCUT2D eigenvalue weighted by atomic mass is 9.78. The molecule has 11 rings (SSSR count). The van der Waals surface area contributed by atoms with Gasteiger partial charge in [-0.05, 0) is 174 Å². The van der Waals surface area contributed by atoms with E-state index in [1.165, 1.54) is 33.4 Å². The highest BCUT2D eigenvalue weighted by Crippen LogP contribution is 2.45. The summed E-state index contributed by atoms with van der Waals surface area (Å²) in [7, 11) is 0. The van der Waals surface area contributed by atoms with Gasteiger partial charge in [0.15, 0.2) is 0 Å². The summed E-state index contributed by atoms with van der Waals surface area (Å²) >= 11 is 6.48. The molecule has 8 bridgehead atoms. The van der Waals surface area contributed by atoms with E-state index in [4.69, 9.17) is 22.2 Å². The molecule has 11 heteroatoms. The molecule has 6 heterocycles. The molecule has 3 aliphatic rings. The fourth-order valence-electron chi connectivity index (χ4n) is 11.8. The van der Waals surface area contributed by atoms with E-state index in [2.05, 4.69) is 285 Å². The standard InChI is InChI=1S/C82H86N6O3S2/c1-77(2,3)53-24-28-59(29-25-53)88(60-30-26-54(27-31-60)78(4,5)6)74-68-39-37-66(85-68)72(51-42-55(79(7,8)9)46-56(43-51)80(10,11)12)64-35-33-62(83-64)61(32-23-49-19-21-50(22-20-49)41-70-75(91)87(48-71(89)90)76(92)93-70)63-34-36-65(84-63)73(67-38-40-69(74)86-67)52-44-57(81(13,14)15)47-58(45-52)82(16,17)18/h19-22,24-31,33-47,83,86H,48H2,1-18H3,(H,89,90). The number of carboxylic acid groups (broad SMARTS) is 1. The molecule has 0 unspecified atom stereocenters. The summed E-state index contributed by atoms with van der Waals surface area (Å²) in [6.45, 7) is 40.4. The highest BCUT2D eigenvalue weighted by atomic mass is 32.2. The Balaban J connectivity index is 1.26. The summed E-state index contributed by atoms with van der Waals surface area (Å²) in [6, 6.07) is 48.5. The Bertz CT molecular complexity index is 4480. The summed E-state index contributed by atoms with van der Waals surface area (Å²) in [4.78, 5) is 48.2. The van der Waals surface area contributed by atoms with Crippen LogP contribution < -0.4 is 4.90 Å². The molecule has 9 nitrogen and oxygen atoms in total. The summed E-state index contributed by atoms with van der Waals surface area (Å²) in [6.07, 6.45) is 10.3. The zero-order valence-electron chi connectivity index (χ0n) is 57.2. The predicted octanol–water partition coefficient (Wildman–Crippen LogP) is 20.9. The Hall–Kier alpha value is -8.82. The van der Waals surface area contributed by atoms with Gasteiger partial charge in [-0.3, -0.25) is 14.5 Å². The third-order valence-electron chi connectivity index (χ3n) is 17.5. The number of nitrogens with zero attached hydrogens (tertiary/aromatic N) is 4. The maximum atomic E-state index is 13.2. The highest BCUT2D eigenvalue weighted by molar-refractivity contribution is 8.26. The van der Waals surface area contributed by atoms with E-state index in [0.717, 1.165) is 106 Å². The van der Waals surface area contributed by atoms with Crippen LogP contribution in [0.1, 0.15) is 197 Å². The van der Waals surface area contributed by atoms with Gasteiger partial charge in [0.05, 0.1) is 50.0 Å². The van der Waals surface area contributed by atoms with Crippen molar-refractivity contribution in [2.45, 2.75) is 157 Å². The number of hydrogen-bond donors (Lipinski definition) is 3. The zero-order chi connectivity index (χ0) is 67.1. The number of carbonyl (C=O) groups is 2. The van der Waals surface area contributed by atoms with Gasteiger partial charge < -0.3 is 20.0 Å². The molecule has 93 heavy (non-hydrogen) atoms. The van der Waals surface area contributed by atoms with Crippen molar-refractivity contribution in [3.63, 3.8) is 0 Å². The molecule has 3 aliphatic heterocycles. The van der Waals surface area contributed by atoms with Crippen molar-refractivity contribution in [1.29, 1.82) is 0 Å². The number of H-pyrrole nitrogens is 2. The van der Waals surface area contributed by atoms with E-state index in [-0.39, 0.29) is 36.8 Å². The number of anilines is 3. The topological polar surface area (TPSA) is 118 Å². The van der Waals surface area contributed by atoms with Crippen LogP contribution in [-0.4, -0.2) is 52.7 Å². The van der Waals surface area contributed by atoms with Crippen LogP contribution in [0.25, 0.3) is 74.7 Å². The largest absolute Gasteiger partial charge is 0.480 e. The molecule has 1 amide bonds. The Labute approximate surface area is 559 Å². The van der Waals surface area contributed by atoms with Crippen LogP contribution in [0.3, 0.4) is 0 Å². The van der Waals surface area contributed by atoms with Crippen LogP contribution >= 0.6 is 24.0 Å². The van der Waals surface area contributed by atoms with Gasteiger partial charge in [0.2, 0.25) is 0 Å². The number of carbonyl (C=O) groups excluding carboxylic acids is 1. The number of carboxylic acids is 1. The van der Waals surface area contributed by atoms with E-state index < -0.39 is 18.4 Å². The number of thioether (sulfide) groups is 1. The van der Waals surface area contributed by atoms with Crippen LogP contribution in [0.5, 0.6) is 0 Å². The first-order chi connectivity index (χ1) is 43.5. The summed E-state index contributed by atoms with van der Waals surface area (Å²) < 4.78 is 0.217. The average molecular weight is 1270 g/mol. The molecule has 5 aromatic carbocycles. The second-order valence-corrected chi connectivity index (χ2v) is 32.7. The third-order valence-corrected chi connectivity index (χ3v) is 18.9. The molecule has 3 N–H and O–H groups in total. The quantitative estimate of drug-likeness (QED) is 0.0782. The number of aromatic nitrogens is 4. The number of hydrogen-bond acceptors (Lipinski definition) is 7. The average Bonchev–Trinajstić information content (AvgIpc) is 1.70. The SMILES string of the molecule is CC(C)(C)c1ccc(N(c2ccc(C(C)(C)C)cc2)c2c3nc(c(-c4cc(C(C)(C)C)cc(C(C)(C)C)c4)c4ccc([nH]4)c(C#Cc4ccc(C=C5SC(=S)N(CC(=O)O)C5=O)cc4)c4nc(c(-c5cc(C(C)(C)C)cc(C(C)(C)C)c5)c5ccc2[nH]5)C=C4)C=C3)cc1. The van der Waals surface area contributed by atoms with Gasteiger partial charge in [-0.15, -0.1) is 0 Å². The molecule has 0 aliphatic carbocycles. The summed E-state index contributed by atoms with van der Waals surface area (Å²) in [5.41, 5.74) is 22.1. The minimum absolute atomic E-state index is 0.0646. The predicted molar refractivity (Wildman–Crippen MR) is 397 cm³/mol. The maximum absolute atomic E-state index is 13.2. The zero-order valence-corrected chi connectivity index (χ0v) is 58.8. The second-order valence-electron chi connectivity index (χ2n) is 31.0. The number of aliphatic carboxylic acids is 1. The lowest BCUT2D eigenvalue weighted by molar-refractivity contribution is -0.140. The van der Waals surface area contributed by atoms with Gasteiger partial charge in [0.25, 0.3) is 5.91 Å². The van der Waals surface area contributed by atoms with Crippen LogP contribution in [-0.2, 0) is 42.1 Å². The molecule has 3 aromatic heterocycles. The number of rotatable bonds is 8. The maximum Gasteiger partial charge on any atom is 0.323 e. The minimum atomic E-state index is -1.13. The van der Waals surface area contributed by atoms with Crippen LogP contribution in [0.15, 0.2) is 138 Å². The molecule has 0 radical (unpaired) electrons. The number of benzene rings is 5. The van der Waals surface area contributed by atoms with Crippen molar-refractivity contribution in [3.8, 4) is 34.1 Å². The Morgan fingerprint density at radius 1 is 0.505 bits per heavy atom. The van der Waals surface area contributed by atoms with E-state index in [1.54, 1.807) is 6.08 Å². The molecule has 1 fully saturated rings. The van der Waals surface area contributed by atoms with Gasteiger partial charge in [-0.2, -0.15) is 0 Å². The van der Waals surface area contributed by atoms with Gasteiger partial charge in [-0.1, -0.05) is 233 Å². The van der Waals surface area contributed by atoms with Gasteiger partial charge in [0.1, 0.15) is 10.9 Å². The van der Waals surface area contributed by atoms with E-state index >= 15 is 0 Å². The van der Waals surface area contributed by atoms with Gasteiger partial charge in [0, 0.05) is 39.1 Å². The summed E-state index contributed by atoms with van der Waals surface area (Å²) in [5, 5.41) is 9.43. The summed E-state index contributed by atoms with van der Waals surface area (Å²) in [5.74, 6) is 5.58. The van der Waals surface area contributed by atoms with Gasteiger partial charge >= 0.3 is 5.97 Å². The molecule has 0 atom stereocenters. The van der Waals surface area contributed by atoms with Crippen molar-refractivity contribution in [2.24, 2.45) is 0 Å². The van der Waals surface area contributed by atoms with Crippen LogP contribution in [0.2, 0.25) is 0 Å². The molecular formula is C82H86N6O3S2. The van der Waals surface area contributed by atoms with E-state index in [0.29, 0.717) is 16.2 Å². The second kappa shape index (κ2) is 24.3. The first-order valence-corrected chi connectivity index (χ1v) is 33.3. The van der Waals surface area contributed by atoms with Crippen molar-refractivity contribution >= 4 is 110 Å². The monoisotopic (exact) mass is 1270 g/mol. The molecule has 1 saturated heterocycles. The van der Waals surface area contributed by atoms with E-state index in [1.807, 2.05) is 24.3 Å². The van der Waals surface area contributed by atoms with Crippen molar-refractivity contribution in [3.05, 3.63) is 211 Å². The lowest BCUT2D eigenvalue weighted by Crippen LogP contribution is -2.33.